The highest BCUT2D eigenvalue weighted by molar-refractivity contribution is 5.81. The Hall–Kier alpha value is -1.84. The molecule has 3 N–H and O–H groups in total. The molecule has 0 saturated heterocycles. The molecule has 0 heterocycles. The molecule has 0 spiro atoms. The number of carbonyl (C=O) groups excluding carboxylic acids is 4. The van der Waals surface area contributed by atoms with E-state index in [2.05, 4.69) is 16.0 Å². The van der Waals surface area contributed by atoms with E-state index >= 15 is 0 Å². The lowest BCUT2D eigenvalue weighted by Gasteiger charge is -2.26. The van der Waals surface area contributed by atoms with Gasteiger partial charge in [0.05, 0.1) is 32.5 Å². The summed E-state index contributed by atoms with van der Waals surface area (Å²) in [5, 5.41) is 8.74. The third kappa shape index (κ3) is 13.5. The Morgan fingerprint density at radius 3 is 2.06 bits per heavy atom. The van der Waals surface area contributed by atoms with E-state index in [-0.39, 0.29) is 41.3 Å². The highest BCUT2D eigenvalue weighted by Crippen LogP contribution is 2.29. The third-order valence-electron chi connectivity index (χ3n) is 6.14. The first-order valence-corrected chi connectivity index (χ1v) is 12.2. The van der Waals surface area contributed by atoms with Crippen LogP contribution in [0.4, 0.5) is 0 Å². The Labute approximate surface area is 198 Å². The maximum atomic E-state index is 12.2. The predicted molar refractivity (Wildman–Crippen MR) is 126 cm³/mol. The highest BCUT2D eigenvalue weighted by atomic mass is 16.5. The molecule has 1 unspecified atom stereocenters. The zero-order chi connectivity index (χ0) is 24.5. The van der Waals surface area contributed by atoms with Gasteiger partial charge in [-0.15, -0.1) is 0 Å². The van der Waals surface area contributed by atoms with Crippen molar-refractivity contribution in [1.82, 2.24) is 16.0 Å². The summed E-state index contributed by atoms with van der Waals surface area (Å²) in [7, 11) is 1.78. The number of amides is 2. The SMILES string of the molecule is CNC(CCCCNC(=O)CCOCCOCCNC(=O)C1CCC(C(C)=O)CC1)C(C)=O. The van der Waals surface area contributed by atoms with Crippen LogP contribution >= 0.6 is 0 Å². The second kappa shape index (κ2) is 17.6. The van der Waals surface area contributed by atoms with Crippen LogP contribution in [0, 0.1) is 11.8 Å². The van der Waals surface area contributed by atoms with Gasteiger partial charge in [0.15, 0.2) is 0 Å². The fourth-order valence-corrected chi connectivity index (χ4v) is 3.98. The number of hydrogen-bond donors (Lipinski definition) is 3. The van der Waals surface area contributed by atoms with E-state index in [1.807, 2.05) is 0 Å². The molecule has 1 rings (SSSR count). The van der Waals surface area contributed by atoms with Gasteiger partial charge in [0.1, 0.15) is 11.6 Å². The van der Waals surface area contributed by atoms with Crippen LogP contribution in [0.25, 0.3) is 0 Å². The summed E-state index contributed by atoms with van der Waals surface area (Å²) in [6.45, 7) is 5.81. The summed E-state index contributed by atoms with van der Waals surface area (Å²) in [5.41, 5.74) is 0. The second-order valence-corrected chi connectivity index (χ2v) is 8.72. The number of ether oxygens (including phenoxy) is 2. The van der Waals surface area contributed by atoms with Crippen molar-refractivity contribution in [1.29, 1.82) is 0 Å². The number of Topliss-reactive ketones (excluding diaryl/α,β-unsaturated/α-hetero) is 2. The fourth-order valence-electron chi connectivity index (χ4n) is 3.98. The number of rotatable bonds is 18. The van der Waals surface area contributed by atoms with E-state index in [4.69, 9.17) is 9.47 Å². The number of unbranched alkanes of at least 4 members (excludes halogenated alkanes) is 1. The van der Waals surface area contributed by atoms with Gasteiger partial charge < -0.3 is 25.4 Å². The summed E-state index contributed by atoms with van der Waals surface area (Å²) in [5.74, 6) is 0.484. The first kappa shape index (κ1) is 29.2. The first-order chi connectivity index (χ1) is 15.8. The van der Waals surface area contributed by atoms with Crippen LogP contribution in [-0.2, 0) is 28.7 Å². The summed E-state index contributed by atoms with van der Waals surface area (Å²) >= 11 is 0. The lowest BCUT2D eigenvalue weighted by molar-refractivity contribution is -0.129. The molecule has 190 valence electrons. The van der Waals surface area contributed by atoms with Crippen LogP contribution < -0.4 is 16.0 Å². The van der Waals surface area contributed by atoms with Crippen LogP contribution in [0.15, 0.2) is 0 Å². The Kier molecular flexibility index (Phi) is 15.6. The smallest absolute Gasteiger partial charge is 0.223 e. The Morgan fingerprint density at radius 1 is 0.818 bits per heavy atom. The van der Waals surface area contributed by atoms with Gasteiger partial charge in [-0.05, 0) is 65.8 Å². The molecule has 1 fully saturated rings. The molecule has 0 radical (unpaired) electrons. The normalized spacial score (nSPS) is 19.0. The average molecular weight is 470 g/mol. The Morgan fingerprint density at radius 2 is 1.45 bits per heavy atom. The minimum absolute atomic E-state index is 0.000821. The number of nitrogens with one attached hydrogen (secondary N) is 3. The molecule has 1 aliphatic carbocycles. The minimum atomic E-state index is -0.105. The summed E-state index contributed by atoms with van der Waals surface area (Å²) in [6, 6.07) is -0.105. The molecular formula is C24H43N3O6. The molecule has 0 aromatic carbocycles. The number of carbonyl (C=O) groups is 4. The average Bonchev–Trinajstić information content (AvgIpc) is 2.79. The topological polar surface area (TPSA) is 123 Å². The molecule has 2 amide bonds. The van der Waals surface area contributed by atoms with E-state index in [0.29, 0.717) is 45.9 Å². The van der Waals surface area contributed by atoms with Crippen molar-refractivity contribution >= 4 is 23.4 Å². The van der Waals surface area contributed by atoms with Gasteiger partial charge in [-0.1, -0.05) is 0 Å². The molecule has 0 bridgehead atoms. The van der Waals surface area contributed by atoms with Crippen molar-refractivity contribution in [2.24, 2.45) is 11.8 Å². The summed E-state index contributed by atoms with van der Waals surface area (Å²) < 4.78 is 10.9. The van der Waals surface area contributed by atoms with E-state index < -0.39 is 0 Å². The van der Waals surface area contributed by atoms with Crippen LogP contribution in [0.1, 0.15) is 65.2 Å². The van der Waals surface area contributed by atoms with E-state index in [0.717, 1.165) is 44.9 Å². The van der Waals surface area contributed by atoms with Crippen molar-refractivity contribution in [2.75, 3.05) is 46.6 Å². The molecule has 9 nitrogen and oxygen atoms in total. The van der Waals surface area contributed by atoms with Gasteiger partial charge in [0.2, 0.25) is 11.8 Å². The van der Waals surface area contributed by atoms with Crippen LogP contribution in [0.5, 0.6) is 0 Å². The summed E-state index contributed by atoms with van der Waals surface area (Å²) in [6.07, 6.45) is 5.94. The highest BCUT2D eigenvalue weighted by Gasteiger charge is 2.27. The standard InChI is InChI=1S/C24H43N3O6/c1-18(28)20-7-9-21(10-8-20)24(31)27-13-15-33-17-16-32-14-11-23(30)26-12-5-4-6-22(25-3)19(2)29/h20-22,25H,4-17H2,1-3H3,(H,26,30)(H,27,31). The van der Waals surface area contributed by atoms with Crippen molar-refractivity contribution < 1.29 is 28.7 Å². The predicted octanol–water partition coefficient (Wildman–Crippen LogP) is 1.38. The molecule has 33 heavy (non-hydrogen) atoms. The molecule has 0 aromatic rings. The third-order valence-corrected chi connectivity index (χ3v) is 6.14. The van der Waals surface area contributed by atoms with Crippen molar-refractivity contribution in [3.63, 3.8) is 0 Å². The lowest BCUT2D eigenvalue weighted by atomic mass is 9.80. The Balaban J connectivity index is 1.90. The number of hydrogen-bond acceptors (Lipinski definition) is 7. The Bertz CT molecular complexity index is 605. The molecule has 1 saturated carbocycles. The van der Waals surface area contributed by atoms with Gasteiger partial charge in [-0.2, -0.15) is 0 Å². The van der Waals surface area contributed by atoms with E-state index in [9.17, 15) is 19.2 Å². The molecule has 1 aliphatic rings. The van der Waals surface area contributed by atoms with Gasteiger partial charge in [0.25, 0.3) is 0 Å². The van der Waals surface area contributed by atoms with Crippen molar-refractivity contribution in [3.8, 4) is 0 Å². The quantitative estimate of drug-likeness (QED) is 0.259. The first-order valence-electron chi connectivity index (χ1n) is 12.2. The van der Waals surface area contributed by atoms with Crippen molar-refractivity contribution in [3.05, 3.63) is 0 Å². The molecule has 0 aromatic heterocycles. The molecular weight excluding hydrogens is 426 g/mol. The summed E-state index contributed by atoms with van der Waals surface area (Å²) in [4.78, 5) is 46.7. The van der Waals surface area contributed by atoms with E-state index in [1.165, 1.54) is 0 Å². The molecule has 1 atom stereocenters. The number of ketones is 2. The zero-order valence-corrected chi connectivity index (χ0v) is 20.6. The van der Waals surface area contributed by atoms with Crippen LogP contribution in [0.2, 0.25) is 0 Å². The maximum absolute atomic E-state index is 12.2. The molecule has 0 aliphatic heterocycles. The fraction of sp³-hybridized carbons (Fsp3) is 0.833. The lowest BCUT2D eigenvalue weighted by Crippen LogP contribution is -2.36. The maximum Gasteiger partial charge on any atom is 0.223 e. The monoisotopic (exact) mass is 469 g/mol. The van der Waals surface area contributed by atoms with Crippen LogP contribution in [-0.4, -0.2) is 76.0 Å². The van der Waals surface area contributed by atoms with Gasteiger partial charge in [0, 0.05) is 31.3 Å². The van der Waals surface area contributed by atoms with Crippen LogP contribution in [0.3, 0.4) is 0 Å². The zero-order valence-electron chi connectivity index (χ0n) is 20.6. The largest absolute Gasteiger partial charge is 0.379 e. The number of likely N-dealkylation sites (N-methyl/N-ethyl adjacent to an activating group) is 1. The second-order valence-electron chi connectivity index (χ2n) is 8.72. The molecule has 9 heteroatoms. The van der Waals surface area contributed by atoms with Gasteiger partial charge in [-0.25, -0.2) is 0 Å². The van der Waals surface area contributed by atoms with E-state index in [1.54, 1.807) is 20.9 Å². The minimum Gasteiger partial charge on any atom is -0.379 e. The van der Waals surface area contributed by atoms with Gasteiger partial charge >= 0.3 is 0 Å². The van der Waals surface area contributed by atoms with Crippen molar-refractivity contribution in [2.45, 2.75) is 71.3 Å². The van der Waals surface area contributed by atoms with Gasteiger partial charge in [-0.3, -0.25) is 19.2 Å².